The number of thioether (sulfide) groups is 1. The molecule has 0 aromatic heterocycles. The molecule has 1 aromatic rings. The minimum atomic E-state index is 0.365. The zero-order valence-corrected chi connectivity index (χ0v) is 10.3. The summed E-state index contributed by atoms with van der Waals surface area (Å²) in [5.41, 5.74) is 5.68. The smallest absolute Gasteiger partial charge is 0.113 e. The van der Waals surface area contributed by atoms with E-state index in [1.54, 1.807) is 0 Å². The molecular formula is C13H17NOS. The summed E-state index contributed by atoms with van der Waals surface area (Å²) in [6.45, 7) is 2.12. The van der Waals surface area contributed by atoms with Gasteiger partial charge in [0.15, 0.2) is 0 Å². The Morgan fingerprint density at radius 1 is 1.31 bits per heavy atom. The molecule has 0 saturated carbocycles. The molecule has 16 heavy (non-hydrogen) atoms. The Bertz CT molecular complexity index is 350. The highest BCUT2D eigenvalue weighted by Gasteiger charge is 2.14. The van der Waals surface area contributed by atoms with E-state index >= 15 is 0 Å². The first-order valence-electron chi connectivity index (χ1n) is 5.58. The molecule has 2 nitrogen and oxygen atoms in total. The first kappa shape index (κ1) is 11.6. The minimum Gasteiger partial charge on any atom is -0.416 e. The predicted molar refractivity (Wildman–Crippen MR) is 69.2 cm³/mol. The lowest BCUT2D eigenvalue weighted by Crippen LogP contribution is -2.20. The fourth-order valence-corrected chi connectivity index (χ4v) is 2.65. The second kappa shape index (κ2) is 5.97. The van der Waals surface area contributed by atoms with Crippen molar-refractivity contribution >= 4 is 11.8 Å². The number of aryl methyl sites for hydroxylation is 1. The Hall–Kier alpha value is -0.930. The van der Waals surface area contributed by atoms with Crippen molar-refractivity contribution in [2.75, 3.05) is 11.5 Å². The standard InChI is InChI=1S/C13H17NOS/c1-11-13(9-15-14-11)10-16-8-7-12-5-3-2-4-6-12/h2-6,9,11,14H,7-8,10H2,1H3. The molecule has 0 saturated heterocycles. The number of rotatable bonds is 5. The van der Waals surface area contributed by atoms with Crippen LogP contribution < -0.4 is 5.48 Å². The Balaban J connectivity index is 1.66. The number of hydroxylamine groups is 1. The first-order chi connectivity index (χ1) is 7.86. The van der Waals surface area contributed by atoms with E-state index in [1.165, 1.54) is 11.1 Å². The predicted octanol–water partition coefficient (Wildman–Crippen LogP) is 2.77. The van der Waals surface area contributed by atoms with Gasteiger partial charge < -0.3 is 4.84 Å². The monoisotopic (exact) mass is 235 g/mol. The van der Waals surface area contributed by atoms with Gasteiger partial charge in [0, 0.05) is 5.75 Å². The van der Waals surface area contributed by atoms with Crippen molar-refractivity contribution < 1.29 is 4.84 Å². The van der Waals surface area contributed by atoms with Crippen LogP contribution in [-0.2, 0) is 11.3 Å². The Kier molecular flexibility index (Phi) is 4.31. The average molecular weight is 235 g/mol. The Morgan fingerprint density at radius 3 is 2.81 bits per heavy atom. The fraction of sp³-hybridized carbons (Fsp3) is 0.385. The largest absolute Gasteiger partial charge is 0.416 e. The summed E-state index contributed by atoms with van der Waals surface area (Å²) >= 11 is 1.96. The molecule has 0 bridgehead atoms. The summed E-state index contributed by atoms with van der Waals surface area (Å²) in [6.07, 6.45) is 2.97. The van der Waals surface area contributed by atoms with E-state index in [0.29, 0.717) is 6.04 Å². The average Bonchev–Trinajstić information content (AvgIpc) is 2.72. The third-order valence-corrected chi connectivity index (χ3v) is 3.69. The highest BCUT2D eigenvalue weighted by atomic mass is 32.2. The molecule has 1 N–H and O–H groups in total. The van der Waals surface area contributed by atoms with Gasteiger partial charge in [-0.25, -0.2) is 0 Å². The topological polar surface area (TPSA) is 21.3 Å². The van der Waals surface area contributed by atoms with Crippen LogP contribution in [0.25, 0.3) is 0 Å². The van der Waals surface area contributed by atoms with Crippen LogP contribution in [-0.4, -0.2) is 17.5 Å². The first-order valence-corrected chi connectivity index (χ1v) is 6.73. The molecule has 1 aromatic carbocycles. The van der Waals surface area contributed by atoms with Gasteiger partial charge in [-0.1, -0.05) is 30.3 Å². The molecule has 0 aliphatic carbocycles. The highest BCUT2D eigenvalue weighted by molar-refractivity contribution is 7.99. The van der Waals surface area contributed by atoms with Gasteiger partial charge >= 0.3 is 0 Å². The van der Waals surface area contributed by atoms with Crippen molar-refractivity contribution in [2.24, 2.45) is 0 Å². The lowest BCUT2D eigenvalue weighted by molar-refractivity contribution is 0.146. The van der Waals surface area contributed by atoms with Gasteiger partial charge in [-0.2, -0.15) is 17.2 Å². The lowest BCUT2D eigenvalue weighted by Gasteiger charge is -2.06. The van der Waals surface area contributed by atoms with E-state index in [9.17, 15) is 0 Å². The molecule has 3 heteroatoms. The summed E-state index contributed by atoms with van der Waals surface area (Å²) in [5.74, 6) is 2.22. The van der Waals surface area contributed by atoms with E-state index in [2.05, 4.69) is 42.7 Å². The van der Waals surface area contributed by atoms with E-state index in [0.717, 1.165) is 17.9 Å². The van der Waals surface area contributed by atoms with Gasteiger partial charge in [-0.3, -0.25) is 0 Å². The maximum Gasteiger partial charge on any atom is 0.113 e. The second-order valence-corrected chi connectivity index (χ2v) is 5.04. The van der Waals surface area contributed by atoms with Gasteiger partial charge in [-0.05, 0) is 30.2 Å². The summed E-state index contributed by atoms with van der Waals surface area (Å²) < 4.78 is 0. The van der Waals surface area contributed by atoms with Gasteiger partial charge in [0.05, 0.1) is 6.04 Å². The molecule has 0 fully saturated rings. The summed E-state index contributed by atoms with van der Waals surface area (Å²) in [7, 11) is 0. The van der Waals surface area contributed by atoms with Crippen LogP contribution in [0, 0.1) is 0 Å². The third kappa shape index (κ3) is 3.29. The van der Waals surface area contributed by atoms with Crippen molar-refractivity contribution in [3.05, 3.63) is 47.7 Å². The van der Waals surface area contributed by atoms with Crippen LogP contribution in [0.15, 0.2) is 42.2 Å². The molecule has 1 heterocycles. The Morgan fingerprint density at radius 2 is 2.12 bits per heavy atom. The van der Waals surface area contributed by atoms with Crippen molar-refractivity contribution in [3.8, 4) is 0 Å². The molecule has 1 atom stereocenters. The van der Waals surface area contributed by atoms with Gasteiger partial charge in [0.1, 0.15) is 6.26 Å². The lowest BCUT2D eigenvalue weighted by atomic mass is 10.2. The molecule has 0 spiro atoms. The molecule has 2 rings (SSSR count). The SMILES string of the molecule is CC1NOC=C1CSCCc1ccccc1. The minimum absolute atomic E-state index is 0.365. The maximum atomic E-state index is 5.06. The summed E-state index contributed by atoms with van der Waals surface area (Å²) in [4.78, 5) is 5.06. The molecule has 1 aliphatic heterocycles. The number of hydrogen-bond acceptors (Lipinski definition) is 3. The van der Waals surface area contributed by atoms with Crippen LogP contribution in [0.4, 0.5) is 0 Å². The fourth-order valence-electron chi connectivity index (χ4n) is 1.57. The summed E-state index contributed by atoms with van der Waals surface area (Å²) in [5, 5.41) is 0. The van der Waals surface area contributed by atoms with E-state index in [4.69, 9.17) is 4.84 Å². The quantitative estimate of drug-likeness (QED) is 0.793. The third-order valence-electron chi connectivity index (χ3n) is 2.66. The van der Waals surface area contributed by atoms with Crippen LogP contribution >= 0.6 is 11.8 Å². The van der Waals surface area contributed by atoms with Crippen LogP contribution in [0.5, 0.6) is 0 Å². The molecule has 0 radical (unpaired) electrons. The highest BCUT2D eigenvalue weighted by Crippen LogP contribution is 2.16. The van der Waals surface area contributed by atoms with Crippen molar-refractivity contribution in [1.82, 2.24) is 5.48 Å². The van der Waals surface area contributed by atoms with Crippen LogP contribution in [0.1, 0.15) is 12.5 Å². The van der Waals surface area contributed by atoms with E-state index in [-0.39, 0.29) is 0 Å². The molecular weight excluding hydrogens is 218 g/mol. The summed E-state index contributed by atoms with van der Waals surface area (Å²) in [6, 6.07) is 11.0. The Labute approximate surface area is 101 Å². The van der Waals surface area contributed by atoms with Crippen molar-refractivity contribution in [3.63, 3.8) is 0 Å². The molecule has 1 unspecified atom stereocenters. The molecule has 86 valence electrons. The molecule has 1 aliphatic rings. The van der Waals surface area contributed by atoms with Gasteiger partial charge in [0.25, 0.3) is 0 Å². The van der Waals surface area contributed by atoms with E-state index < -0.39 is 0 Å². The van der Waals surface area contributed by atoms with Crippen LogP contribution in [0.3, 0.4) is 0 Å². The normalized spacial score (nSPS) is 19.3. The van der Waals surface area contributed by atoms with Crippen molar-refractivity contribution in [1.29, 1.82) is 0 Å². The van der Waals surface area contributed by atoms with Crippen molar-refractivity contribution in [2.45, 2.75) is 19.4 Å². The zero-order chi connectivity index (χ0) is 11.2. The number of nitrogens with one attached hydrogen (secondary N) is 1. The second-order valence-electron chi connectivity index (χ2n) is 3.94. The zero-order valence-electron chi connectivity index (χ0n) is 9.48. The van der Waals surface area contributed by atoms with Gasteiger partial charge in [-0.15, -0.1) is 0 Å². The van der Waals surface area contributed by atoms with E-state index in [1.807, 2.05) is 18.0 Å². The maximum absolute atomic E-state index is 5.06. The molecule has 0 amide bonds. The number of benzene rings is 1. The number of hydrogen-bond donors (Lipinski definition) is 1. The van der Waals surface area contributed by atoms with Crippen LogP contribution in [0.2, 0.25) is 0 Å². The van der Waals surface area contributed by atoms with Gasteiger partial charge in [0.2, 0.25) is 0 Å².